The van der Waals surface area contributed by atoms with E-state index in [4.69, 9.17) is 4.74 Å². The largest absolute Gasteiger partial charge is 0.495 e. The van der Waals surface area contributed by atoms with Crippen molar-refractivity contribution in [1.82, 2.24) is 9.80 Å². The summed E-state index contributed by atoms with van der Waals surface area (Å²) >= 11 is 0. The Morgan fingerprint density at radius 1 is 1.11 bits per heavy atom. The maximum absolute atomic E-state index is 12.3. The molecule has 2 aliphatic carbocycles. The van der Waals surface area contributed by atoms with Gasteiger partial charge in [0.05, 0.1) is 19.3 Å². The quantitative estimate of drug-likeness (QED) is 0.787. The summed E-state index contributed by atoms with van der Waals surface area (Å²) in [6, 6.07) is 5.38. The van der Waals surface area contributed by atoms with E-state index >= 15 is 0 Å². The molecule has 152 valence electrons. The van der Waals surface area contributed by atoms with Crippen LogP contribution in [0.3, 0.4) is 0 Å². The third kappa shape index (κ3) is 2.58. The molecule has 1 aromatic carbocycles. The fourth-order valence-electron chi connectivity index (χ4n) is 6.60. The Labute approximate surface area is 168 Å². The fourth-order valence-corrected chi connectivity index (χ4v) is 6.60. The van der Waals surface area contributed by atoms with Gasteiger partial charge in [-0.25, -0.2) is 0 Å². The zero-order valence-corrected chi connectivity index (χ0v) is 17.5. The van der Waals surface area contributed by atoms with Gasteiger partial charge in [-0.05, 0) is 68.5 Å². The number of piperazine rings is 1. The zero-order valence-electron chi connectivity index (χ0n) is 17.5. The number of likely N-dealkylation sites (tertiary alicyclic amines) is 1. The molecule has 1 saturated carbocycles. The van der Waals surface area contributed by atoms with E-state index in [1.54, 1.807) is 12.7 Å². The number of carbonyl (C=O) groups excluding carboxylic acids is 1. The average molecular weight is 384 g/mol. The second kappa shape index (κ2) is 6.65. The topological polar surface area (TPSA) is 36.0 Å². The minimum absolute atomic E-state index is 0.188. The van der Waals surface area contributed by atoms with E-state index in [1.165, 1.54) is 44.2 Å². The van der Waals surface area contributed by atoms with Gasteiger partial charge in [0.1, 0.15) is 5.75 Å². The smallest absolute Gasteiger partial charge is 0.241 e. The predicted molar refractivity (Wildman–Crippen MR) is 111 cm³/mol. The fraction of sp³-hybridized carbons (Fsp3) is 0.696. The first-order valence-electron chi connectivity index (χ1n) is 10.9. The molecule has 0 aromatic heterocycles. The first-order chi connectivity index (χ1) is 13.5. The number of hydrogen-bond donors (Lipinski definition) is 0. The van der Waals surface area contributed by atoms with Gasteiger partial charge < -0.3 is 19.4 Å². The molecule has 1 aromatic rings. The lowest BCUT2D eigenvalue weighted by Crippen LogP contribution is -2.59. The second-order valence-electron chi connectivity index (χ2n) is 9.43. The van der Waals surface area contributed by atoms with Crippen molar-refractivity contribution in [1.29, 1.82) is 0 Å². The highest BCUT2D eigenvalue weighted by molar-refractivity contribution is 5.83. The Kier molecular flexibility index (Phi) is 4.34. The van der Waals surface area contributed by atoms with Crippen LogP contribution < -0.4 is 9.64 Å². The zero-order chi connectivity index (χ0) is 19.5. The van der Waals surface area contributed by atoms with E-state index in [1.807, 2.05) is 11.9 Å². The lowest BCUT2D eigenvalue weighted by Gasteiger charge is -2.58. The van der Waals surface area contributed by atoms with Crippen molar-refractivity contribution in [2.75, 3.05) is 52.3 Å². The molecule has 5 nitrogen and oxygen atoms in total. The minimum atomic E-state index is 0.188. The number of anilines is 1. The summed E-state index contributed by atoms with van der Waals surface area (Å²) in [6.45, 7) is 3.30. The van der Waals surface area contributed by atoms with E-state index in [0.29, 0.717) is 18.0 Å². The van der Waals surface area contributed by atoms with Gasteiger partial charge in [0.15, 0.2) is 0 Å². The van der Waals surface area contributed by atoms with Gasteiger partial charge in [-0.2, -0.15) is 0 Å². The standard InChI is InChI=1S/C23H33N3O2/c1-24-9-8-23-7-5-4-6-17(23)19(24)12-16-13-20(21(28-3)14-18(16)23)26-11-10-25(2)22(27)15-26/h13-14,17,19H,4-12,15H2,1-3H3/t17?,19-,23-/m0/s1. The van der Waals surface area contributed by atoms with Crippen molar-refractivity contribution in [3.63, 3.8) is 0 Å². The normalized spacial score (nSPS) is 32.8. The van der Waals surface area contributed by atoms with E-state index in [-0.39, 0.29) is 5.91 Å². The van der Waals surface area contributed by atoms with Crippen molar-refractivity contribution in [2.45, 2.75) is 50.0 Å². The van der Waals surface area contributed by atoms with Gasteiger partial charge in [-0.1, -0.05) is 12.8 Å². The number of fused-ring (bicyclic) bond motifs is 1. The van der Waals surface area contributed by atoms with E-state index in [0.717, 1.165) is 36.9 Å². The number of piperidine rings is 1. The molecule has 5 heteroatoms. The summed E-state index contributed by atoms with van der Waals surface area (Å²) in [6.07, 6.45) is 7.83. The highest BCUT2D eigenvalue weighted by Crippen LogP contribution is 2.56. The maximum Gasteiger partial charge on any atom is 0.241 e. The van der Waals surface area contributed by atoms with E-state index in [9.17, 15) is 4.79 Å². The summed E-state index contributed by atoms with van der Waals surface area (Å²) in [4.78, 5) is 18.9. The molecule has 2 bridgehead atoms. The van der Waals surface area contributed by atoms with Gasteiger partial charge in [-0.3, -0.25) is 4.79 Å². The number of benzene rings is 1. The summed E-state index contributed by atoms with van der Waals surface area (Å²) in [7, 11) is 5.99. The molecule has 4 aliphatic rings. The molecule has 0 radical (unpaired) electrons. The van der Waals surface area contributed by atoms with Crippen LogP contribution in [0, 0.1) is 5.92 Å². The van der Waals surface area contributed by atoms with Crippen LogP contribution in [0.15, 0.2) is 12.1 Å². The summed E-state index contributed by atoms with van der Waals surface area (Å²) < 4.78 is 5.88. The van der Waals surface area contributed by atoms with Crippen molar-refractivity contribution in [3.8, 4) is 5.75 Å². The Morgan fingerprint density at radius 3 is 2.75 bits per heavy atom. The van der Waals surface area contributed by atoms with Crippen LogP contribution in [-0.2, 0) is 16.6 Å². The number of ether oxygens (including phenoxy) is 1. The summed E-state index contributed by atoms with van der Waals surface area (Å²) in [5.41, 5.74) is 4.50. The number of likely N-dealkylation sites (N-methyl/N-ethyl adjacent to an activating group) is 2. The molecule has 2 heterocycles. The third-order valence-electron chi connectivity index (χ3n) is 8.21. The number of hydrogen-bond acceptors (Lipinski definition) is 4. The SMILES string of the molecule is COc1cc2c(cc1N1CCN(C)C(=O)C1)C[C@H]1C3CCCC[C@@]23CCN1C. The van der Waals surface area contributed by atoms with Crippen molar-refractivity contribution in [3.05, 3.63) is 23.3 Å². The van der Waals surface area contributed by atoms with E-state index in [2.05, 4.69) is 29.0 Å². The van der Waals surface area contributed by atoms with Gasteiger partial charge in [0.25, 0.3) is 0 Å². The lowest BCUT2D eigenvalue weighted by atomic mass is 9.52. The van der Waals surface area contributed by atoms with E-state index < -0.39 is 0 Å². The monoisotopic (exact) mass is 383 g/mol. The van der Waals surface area contributed by atoms with Crippen molar-refractivity contribution >= 4 is 11.6 Å². The molecule has 1 amide bonds. The molecule has 28 heavy (non-hydrogen) atoms. The number of nitrogens with zero attached hydrogens (tertiary/aromatic N) is 3. The molecule has 2 aliphatic heterocycles. The molecule has 0 N–H and O–H groups in total. The molecule has 3 fully saturated rings. The van der Waals surface area contributed by atoms with Crippen LogP contribution in [0.5, 0.6) is 5.75 Å². The number of carbonyl (C=O) groups is 1. The van der Waals surface area contributed by atoms with Gasteiger partial charge in [-0.15, -0.1) is 0 Å². The molecule has 3 atom stereocenters. The molecule has 0 spiro atoms. The number of amides is 1. The molecule has 2 saturated heterocycles. The molecular formula is C23H33N3O2. The average Bonchev–Trinajstić information content (AvgIpc) is 2.72. The van der Waals surface area contributed by atoms with Crippen LogP contribution in [0.2, 0.25) is 0 Å². The summed E-state index contributed by atoms with van der Waals surface area (Å²) in [5.74, 6) is 1.93. The summed E-state index contributed by atoms with van der Waals surface area (Å²) in [5, 5.41) is 0. The lowest BCUT2D eigenvalue weighted by molar-refractivity contribution is -0.129. The highest BCUT2D eigenvalue weighted by atomic mass is 16.5. The van der Waals surface area contributed by atoms with Crippen molar-refractivity contribution in [2.24, 2.45) is 5.92 Å². The van der Waals surface area contributed by atoms with Crippen LogP contribution >= 0.6 is 0 Å². The molecular weight excluding hydrogens is 350 g/mol. The first-order valence-corrected chi connectivity index (χ1v) is 10.9. The minimum Gasteiger partial charge on any atom is -0.495 e. The highest BCUT2D eigenvalue weighted by Gasteiger charge is 2.53. The Hall–Kier alpha value is -1.75. The van der Waals surface area contributed by atoms with Gasteiger partial charge >= 0.3 is 0 Å². The number of methoxy groups -OCH3 is 1. The van der Waals surface area contributed by atoms with Crippen LogP contribution in [0.1, 0.15) is 43.2 Å². The van der Waals surface area contributed by atoms with Gasteiger partial charge in [0.2, 0.25) is 5.91 Å². The first kappa shape index (κ1) is 18.3. The second-order valence-corrected chi connectivity index (χ2v) is 9.43. The van der Waals surface area contributed by atoms with Crippen LogP contribution in [0.25, 0.3) is 0 Å². The van der Waals surface area contributed by atoms with Gasteiger partial charge in [0, 0.05) is 31.6 Å². The Balaban J connectivity index is 1.59. The Morgan fingerprint density at radius 2 is 1.96 bits per heavy atom. The number of rotatable bonds is 2. The third-order valence-corrected chi connectivity index (χ3v) is 8.21. The molecule has 5 rings (SSSR count). The van der Waals surface area contributed by atoms with Crippen molar-refractivity contribution < 1.29 is 9.53 Å². The van der Waals surface area contributed by atoms with Crippen LogP contribution in [-0.4, -0.2) is 69.1 Å². The maximum atomic E-state index is 12.3. The predicted octanol–water partition coefficient (Wildman–Crippen LogP) is 2.66. The van der Waals surface area contributed by atoms with Crippen LogP contribution in [0.4, 0.5) is 5.69 Å². The Bertz CT molecular complexity index is 794. The molecule has 1 unspecified atom stereocenters.